The zero-order chi connectivity index (χ0) is 13.8. The molecule has 0 aliphatic rings. The summed E-state index contributed by atoms with van der Waals surface area (Å²) in [7, 11) is 0. The highest BCUT2D eigenvalue weighted by molar-refractivity contribution is 7.99. The van der Waals surface area contributed by atoms with E-state index in [9.17, 15) is 4.79 Å². The molecule has 1 aromatic heterocycles. The maximum Gasteiger partial charge on any atom is 0.237 e. The van der Waals surface area contributed by atoms with Crippen LogP contribution in [0.3, 0.4) is 0 Å². The van der Waals surface area contributed by atoms with E-state index in [2.05, 4.69) is 5.32 Å². The van der Waals surface area contributed by atoms with E-state index in [0.717, 1.165) is 11.4 Å². The Kier molecular flexibility index (Phi) is 4.56. The molecular weight excluding hydrogens is 280 g/mol. The average Bonchev–Trinajstić information content (AvgIpc) is 2.93. The van der Waals surface area contributed by atoms with Gasteiger partial charge in [-0.25, -0.2) is 0 Å². The zero-order valence-electron chi connectivity index (χ0n) is 10.8. The van der Waals surface area contributed by atoms with Gasteiger partial charge in [0.1, 0.15) is 0 Å². The van der Waals surface area contributed by atoms with Crippen molar-refractivity contribution in [2.45, 2.75) is 12.2 Å². The Balaban J connectivity index is 2.33. The van der Waals surface area contributed by atoms with Crippen LogP contribution in [-0.2, 0) is 4.79 Å². The third kappa shape index (κ3) is 3.33. The fraction of sp³-hybridized carbons (Fsp3) is 0.214. The van der Waals surface area contributed by atoms with Gasteiger partial charge in [-0.3, -0.25) is 4.79 Å². The Hall–Kier alpha value is -1.39. The van der Waals surface area contributed by atoms with Crippen LogP contribution in [0.5, 0.6) is 0 Å². The van der Waals surface area contributed by atoms with Gasteiger partial charge in [-0.15, -0.1) is 0 Å². The summed E-state index contributed by atoms with van der Waals surface area (Å²) in [6.45, 7) is 1.88. The van der Waals surface area contributed by atoms with Crippen molar-refractivity contribution in [1.29, 1.82) is 0 Å². The van der Waals surface area contributed by atoms with Crippen LogP contribution < -0.4 is 5.32 Å². The Morgan fingerprint density at radius 3 is 2.68 bits per heavy atom. The molecular formula is C14H15ClN2OS. The van der Waals surface area contributed by atoms with Crippen LogP contribution in [-0.4, -0.2) is 22.0 Å². The van der Waals surface area contributed by atoms with Crippen molar-refractivity contribution < 1.29 is 4.79 Å². The average molecular weight is 295 g/mol. The molecule has 0 bridgehead atoms. The van der Waals surface area contributed by atoms with E-state index in [1.54, 1.807) is 6.07 Å². The summed E-state index contributed by atoms with van der Waals surface area (Å²) in [6, 6.07) is 9.28. The highest BCUT2D eigenvalue weighted by Crippen LogP contribution is 2.25. The van der Waals surface area contributed by atoms with E-state index in [4.69, 9.17) is 11.6 Å². The normalized spacial score (nSPS) is 12.2. The lowest BCUT2D eigenvalue weighted by Crippen LogP contribution is -2.22. The zero-order valence-corrected chi connectivity index (χ0v) is 12.3. The molecule has 0 saturated heterocycles. The molecule has 1 atom stereocenters. The van der Waals surface area contributed by atoms with Crippen LogP contribution in [0.4, 0.5) is 5.69 Å². The standard InChI is InChI=1S/C14H15ClN2OS/c1-10(19-2)14(18)16-12-6-5-11(15)9-13(12)17-7-3-4-8-17/h3-10H,1-2H3,(H,16,18). The van der Waals surface area contributed by atoms with Gasteiger partial charge >= 0.3 is 0 Å². The first-order chi connectivity index (χ1) is 9.11. The monoisotopic (exact) mass is 294 g/mol. The molecule has 3 nitrogen and oxygen atoms in total. The predicted molar refractivity (Wildman–Crippen MR) is 82.4 cm³/mol. The molecule has 1 unspecified atom stereocenters. The molecule has 1 amide bonds. The van der Waals surface area contributed by atoms with Gasteiger partial charge in [-0.2, -0.15) is 11.8 Å². The molecule has 2 aromatic rings. The van der Waals surface area contributed by atoms with Crippen LogP contribution in [0.2, 0.25) is 5.02 Å². The number of thioether (sulfide) groups is 1. The molecule has 0 aliphatic carbocycles. The Bertz CT molecular complexity index is 569. The van der Waals surface area contributed by atoms with Crippen LogP contribution in [0, 0.1) is 0 Å². The number of halogens is 1. The molecule has 1 heterocycles. The van der Waals surface area contributed by atoms with Crippen molar-refractivity contribution in [2.75, 3.05) is 11.6 Å². The fourth-order valence-electron chi connectivity index (χ4n) is 1.66. The highest BCUT2D eigenvalue weighted by Gasteiger charge is 2.14. The van der Waals surface area contributed by atoms with Crippen molar-refractivity contribution in [3.8, 4) is 5.69 Å². The summed E-state index contributed by atoms with van der Waals surface area (Å²) in [5.41, 5.74) is 1.62. The molecule has 0 spiro atoms. The van der Waals surface area contributed by atoms with Crippen LogP contribution in [0.15, 0.2) is 42.7 Å². The lowest BCUT2D eigenvalue weighted by molar-refractivity contribution is -0.115. The molecule has 5 heteroatoms. The summed E-state index contributed by atoms with van der Waals surface area (Å²) >= 11 is 7.54. The van der Waals surface area contributed by atoms with E-state index >= 15 is 0 Å². The molecule has 100 valence electrons. The number of rotatable bonds is 4. The predicted octanol–water partition coefficient (Wildman–Crippen LogP) is 3.82. The summed E-state index contributed by atoms with van der Waals surface area (Å²) < 4.78 is 1.92. The van der Waals surface area contributed by atoms with Gasteiger partial charge in [0.25, 0.3) is 0 Å². The van der Waals surface area contributed by atoms with Crippen molar-refractivity contribution in [3.63, 3.8) is 0 Å². The fourth-order valence-corrected chi connectivity index (χ4v) is 2.10. The summed E-state index contributed by atoms with van der Waals surface area (Å²) in [5.74, 6) is -0.0109. The molecule has 0 aliphatic heterocycles. The minimum Gasteiger partial charge on any atom is -0.323 e. The summed E-state index contributed by atoms with van der Waals surface area (Å²) in [5, 5.41) is 3.49. The van der Waals surface area contributed by atoms with Gasteiger partial charge in [0.15, 0.2) is 0 Å². The molecule has 0 fully saturated rings. The first-order valence-electron chi connectivity index (χ1n) is 5.88. The summed E-state index contributed by atoms with van der Waals surface area (Å²) in [4.78, 5) is 12.0. The van der Waals surface area contributed by atoms with Crippen molar-refractivity contribution in [3.05, 3.63) is 47.7 Å². The van der Waals surface area contributed by atoms with E-state index < -0.39 is 0 Å². The number of anilines is 1. The number of carbonyl (C=O) groups excluding carboxylic acids is 1. The van der Waals surface area contributed by atoms with Gasteiger partial charge < -0.3 is 9.88 Å². The SMILES string of the molecule is CSC(C)C(=O)Nc1ccc(Cl)cc1-n1cccc1. The highest BCUT2D eigenvalue weighted by atomic mass is 35.5. The lowest BCUT2D eigenvalue weighted by atomic mass is 10.2. The third-order valence-corrected chi connectivity index (χ3v) is 3.98. The minimum atomic E-state index is -0.0896. The number of nitrogens with one attached hydrogen (secondary N) is 1. The second-order valence-corrected chi connectivity index (χ2v) is 5.73. The third-order valence-electron chi connectivity index (χ3n) is 2.82. The number of hydrogen-bond donors (Lipinski definition) is 1. The number of carbonyl (C=O) groups is 1. The van der Waals surface area contributed by atoms with E-state index in [1.165, 1.54) is 11.8 Å². The van der Waals surface area contributed by atoms with Crippen LogP contribution >= 0.6 is 23.4 Å². The number of aromatic nitrogens is 1. The van der Waals surface area contributed by atoms with Gasteiger partial charge in [-0.1, -0.05) is 11.6 Å². The molecule has 1 aromatic carbocycles. The second-order valence-electron chi connectivity index (χ2n) is 4.12. The molecule has 19 heavy (non-hydrogen) atoms. The Morgan fingerprint density at radius 2 is 2.05 bits per heavy atom. The van der Waals surface area contributed by atoms with E-state index in [1.807, 2.05) is 54.4 Å². The van der Waals surface area contributed by atoms with E-state index in [0.29, 0.717) is 5.02 Å². The Labute approximate surface area is 122 Å². The quantitative estimate of drug-likeness (QED) is 0.930. The van der Waals surface area contributed by atoms with Crippen LogP contribution in [0.25, 0.3) is 5.69 Å². The molecule has 0 radical (unpaired) electrons. The Morgan fingerprint density at radius 1 is 1.37 bits per heavy atom. The van der Waals surface area contributed by atoms with Gasteiger partial charge in [-0.05, 0) is 43.5 Å². The van der Waals surface area contributed by atoms with Crippen LogP contribution in [0.1, 0.15) is 6.92 Å². The maximum atomic E-state index is 12.0. The smallest absolute Gasteiger partial charge is 0.237 e. The van der Waals surface area contributed by atoms with Crippen molar-refractivity contribution in [2.24, 2.45) is 0 Å². The molecule has 2 rings (SSSR count). The molecule has 1 N–H and O–H groups in total. The van der Waals surface area contributed by atoms with Crippen molar-refractivity contribution >= 4 is 35.0 Å². The first kappa shape index (κ1) is 14.0. The number of nitrogens with zero attached hydrogens (tertiary/aromatic N) is 1. The first-order valence-corrected chi connectivity index (χ1v) is 7.55. The number of amides is 1. The number of hydrogen-bond acceptors (Lipinski definition) is 2. The number of benzene rings is 1. The molecule has 0 saturated carbocycles. The van der Waals surface area contributed by atoms with Gasteiger partial charge in [0.05, 0.1) is 16.6 Å². The minimum absolute atomic E-state index is 0.0109. The topological polar surface area (TPSA) is 34.0 Å². The van der Waals surface area contributed by atoms with E-state index in [-0.39, 0.29) is 11.2 Å². The lowest BCUT2D eigenvalue weighted by Gasteiger charge is -2.14. The van der Waals surface area contributed by atoms with Gasteiger partial charge in [0, 0.05) is 17.4 Å². The van der Waals surface area contributed by atoms with Crippen molar-refractivity contribution in [1.82, 2.24) is 4.57 Å². The van der Waals surface area contributed by atoms with Gasteiger partial charge in [0.2, 0.25) is 5.91 Å². The largest absolute Gasteiger partial charge is 0.323 e. The maximum absolute atomic E-state index is 12.0. The summed E-state index contributed by atoms with van der Waals surface area (Å²) in [6.07, 6.45) is 5.75. The second kappa shape index (κ2) is 6.17.